The third-order valence-electron chi connectivity index (χ3n) is 5.76. The van der Waals surface area contributed by atoms with Crippen LogP contribution in [0.4, 0.5) is 0 Å². The number of morpholine rings is 1. The molecule has 1 aliphatic heterocycles. The van der Waals surface area contributed by atoms with E-state index in [1.165, 1.54) is 0 Å². The predicted molar refractivity (Wildman–Crippen MR) is 120 cm³/mol. The third kappa shape index (κ3) is 4.02. The molecule has 3 aromatic heterocycles. The topological polar surface area (TPSA) is 74.0 Å². The summed E-state index contributed by atoms with van der Waals surface area (Å²) in [6.45, 7) is 2.95. The van der Waals surface area contributed by atoms with Crippen molar-refractivity contribution in [3.05, 3.63) is 72.2 Å². The minimum Gasteiger partial charge on any atom is -0.497 e. The van der Waals surface area contributed by atoms with Gasteiger partial charge in [0.1, 0.15) is 17.5 Å². The second kappa shape index (κ2) is 8.94. The van der Waals surface area contributed by atoms with Crippen molar-refractivity contribution in [1.82, 2.24) is 24.7 Å². The summed E-state index contributed by atoms with van der Waals surface area (Å²) in [4.78, 5) is 6.64. The minimum absolute atomic E-state index is 0.143. The molecular formula is C24H25N5O3. The van der Waals surface area contributed by atoms with Crippen LogP contribution in [0, 0.1) is 0 Å². The fourth-order valence-electron chi connectivity index (χ4n) is 4.08. The van der Waals surface area contributed by atoms with Gasteiger partial charge in [-0.15, -0.1) is 5.10 Å². The molecule has 8 heteroatoms. The Hall–Kier alpha value is -3.49. The molecule has 1 atom stereocenters. The molecule has 8 nitrogen and oxygen atoms in total. The van der Waals surface area contributed by atoms with Crippen molar-refractivity contribution in [1.29, 1.82) is 0 Å². The van der Waals surface area contributed by atoms with Crippen LogP contribution in [0.15, 0.2) is 60.9 Å². The van der Waals surface area contributed by atoms with Gasteiger partial charge in [-0.2, -0.15) is 0 Å². The molecule has 0 aliphatic carbocycles. The van der Waals surface area contributed by atoms with Gasteiger partial charge in [0, 0.05) is 43.2 Å². The predicted octanol–water partition coefficient (Wildman–Crippen LogP) is 3.38. The molecule has 1 aromatic carbocycles. The van der Waals surface area contributed by atoms with Gasteiger partial charge < -0.3 is 14.2 Å². The van der Waals surface area contributed by atoms with Crippen LogP contribution >= 0.6 is 0 Å². The number of hydrogen-bond acceptors (Lipinski definition) is 7. The molecule has 0 saturated carbocycles. The molecular weight excluding hydrogens is 406 g/mol. The van der Waals surface area contributed by atoms with E-state index in [1.54, 1.807) is 20.4 Å². The van der Waals surface area contributed by atoms with Gasteiger partial charge in [-0.3, -0.25) is 4.90 Å². The van der Waals surface area contributed by atoms with Crippen molar-refractivity contribution < 1.29 is 14.2 Å². The fraction of sp³-hybridized carbons (Fsp3) is 0.292. The van der Waals surface area contributed by atoms with Gasteiger partial charge in [0.05, 0.1) is 26.3 Å². The lowest BCUT2D eigenvalue weighted by Gasteiger charge is -2.32. The second-order valence-electron chi connectivity index (χ2n) is 7.72. The van der Waals surface area contributed by atoms with E-state index < -0.39 is 0 Å². The number of ether oxygens (including phenoxy) is 3. The first-order valence-electron chi connectivity index (χ1n) is 10.6. The van der Waals surface area contributed by atoms with Gasteiger partial charge >= 0.3 is 0 Å². The first-order chi connectivity index (χ1) is 15.7. The molecule has 164 valence electrons. The van der Waals surface area contributed by atoms with Crippen molar-refractivity contribution in [2.45, 2.75) is 12.6 Å². The average Bonchev–Trinajstić information content (AvgIpc) is 3.28. The van der Waals surface area contributed by atoms with E-state index in [2.05, 4.69) is 32.3 Å². The van der Waals surface area contributed by atoms with Crippen LogP contribution in [-0.2, 0) is 11.3 Å². The Balaban J connectivity index is 1.36. The van der Waals surface area contributed by atoms with E-state index in [-0.39, 0.29) is 6.10 Å². The van der Waals surface area contributed by atoms with Crippen LogP contribution in [0.3, 0.4) is 0 Å². The van der Waals surface area contributed by atoms with Crippen LogP contribution in [0.25, 0.3) is 16.6 Å². The summed E-state index contributed by atoms with van der Waals surface area (Å²) in [6.07, 6.45) is 3.60. The highest BCUT2D eigenvalue weighted by Gasteiger charge is 2.27. The molecule has 0 radical (unpaired) electrons. The van der Waals surface area contributed by atoms with E-state index in [9.17, 15) is 0 Å². The normalized spacial score (nSPS) is 16.9. The summed E-state index contributed by atoms with van der Waals surface area (Å²) in [5.74, 6) is 1.50. The maximum absolute atomic E-state index is 6.08. The van der Waals surface area contributed by atoms with Crippen molar-refractivity contribution in [2.24, 2.45) is 0 Å². The highest BCUT2D eigenvalue weighted by atomic mass is 16.5. The Labute approximate surface area is 186 Å². The zero-order valence-electron chi connectivity index (χ0n) is 18.1. The number of aromatic nitrogens is 4. The SMILES string of the molecule is COc1ccc(-c2ccc3c(C4CN(Cc5cccnc5OC)CCO4)nnn3c2)cc1. The highest BCUT2D eigenvalue weighted by Crippen LogP contribution is 2.28. The van der Waals surface area contributed by atoms with Gasteiger partial charge in [-0.1, -0.05) is 29.5 Å². The van der Waals surface area contributed by atoms with Crippen LogP contribution in [0.5, 0.6) is 11.6 Å². The van der Waals surface area contributed by atoms with Gasteiger partial charge in [0.15, 0.2) is 0 Å². The van der Waals surface area contributed by atoms with Crippen LogP contribution in [0.2, 0.25) is 0 Å². The molecule has 0 N–H and O–H groups in total. The number of fused-ring (bicyclic) bond motifs is 1. The Kier molecular flexibility index (Phi) is 5.70. The molecule has 0 bridgehead atoms. The molecule has 1 saturated heterocycles. The lowest BCUT2D eigenvalue weighted by Crippen LogP contribution is -2.38. The van der Waals surface area contributed by atoms with E-state index in [0.29, 0.717) is 12.5 Å². The first-order valence-corrected chi connectivity index (χ1v) is 10.6. The number of hydrogen-bond donors (Lipinski definition) is 0. The Morgan fingerprint density at radius 1 is 1.03 bits per heavy atom. The van der Waals surface area contributed by atoms with Crippen molar-refractivity contribution in [2.75, 3.05) is 33.9 Å². The van der Waals surface area contributed by atoms with Crippen molar-refractivity contribution >= 4 is 5.52 Å². The molecule has 1 fully saturated rings. The number of pyridine rings is 2. The smallest absolute Gasteiger partial charge is 0.217 e. The lowest BCUT2D eigenvalue weighted by molar-refractivity contribution is -0.0345. The van der Waals surface area contributed by atoms with Crippen molar-refractivity contribution in [3.63, 3.8) is 0 Å². The fourth-order valence-corrected chi connectivity index (χ4v) is 4.08. The molecule has 5 rings (SSSR count). The third-order valence-corrected chi connectivity index (χ3v) is 5.76. The van der Waals surface area contributed by atoms with Crippen LogP contribution in [0.1, 0.15) is 17.4 Å². The quantitative estimate of drug-likeness (QED) is 0.463. The maximum Gasteiger partial charge on any atom is 0.217 e. The summed E-state index contributed by atoms with van der Waals surface area (Å²) in [6, 6.07) is 16.1. The molecule has 1 unspecified atom stereocenters. The lowest BCUT2D eigenvalue weighted by atomic mass is 10.1. The Morgan fingerprint density at radius 2 is 1.88 bits per heavy atom. The van der Waals surface area contributed by atoms with Crippen LogP contribution < -0.4 is 9.47 Å². The summed E-state index contributed by atoms with van der Waals surface area (Å²) >= 11 is 0. The number of rotatable bonds is 6. The van der Waals surface area contributed by atoms with E-state index >= 15 is 0 Å². The van der Waals surface area contributed by atoms with Crippen molar-refractivity contribution in [3.8, 4) is 22.8 Å². The molecule has 0 amide bonds. The van der Waals surface area contributed by atoms with Gasteiger partial charge in [-0.25, -0.2) is 9.50 Å². The van der Waals surface area contributed by atoms with Gasteiger partial charge in [0.25, 0.3) is 0 Å². The summed E-state index contributed by atoms with van der Waals surface area (Å²) in [7, 11) is 3.32. The maximum atomic E-state index is 6.08. The monoisotopic (exact) mass is 431 g/mol. The summed E-state index contributed by atoms with van der Waals surface area (Å²) in [5, 5.41) is 8.82. The molecule has 32 heavy (non-hydrogen) atoms. The summed E-state index contributed by atoms with van der Waals surface area (Å²) in [5.41, 5.74) is 5.02. The Morgan fingerprint density at radius 3 is 2.69 bits per heavy atom. The van der Waals surface area contributed by atoms with Gasteiger partial charge in [-0.05, 0) is 29.8 Å². The zero-order chi connectivity index (χ0) is 21.9. The summed E-state index contributed by atoms with van der Waals surface area (Å²) < 4.78 is 18.5. The number of methoxy groups -OCH3 is 2. The largest absolute Gasteiger partial charge is 0.497 e. The molecule has 4 heterocycles. The van der Waals surface area contributed by atoms with E-state index in [4.69, 9.17) is 14.2 Å². The number of benzene rings is 1. The van der Waals surface area contributed by atoms with Gasteiger partial charge in [0.2, 0.25) is 5.88 Å². The first kappa shape index (κ1) is 20.4. The molecule has 0 spiro atoms. The zero-order valence-corrected chi connectivity index (χ0v) is 18.1. The van der Waals surface area contributed by atoms with E-state index in [0.717, 1.165) is 53.3 Å². The standard InChI is InChI=1S/C24H25N5O3/c1-30-20-8-5-17(6-9-20)18-7-10-21-23(26-27-29(21)15-18)22-16-28(12-13-32-22)14-19-4-3-11-25-24(19)31-2/h3-11,15,22H,12-14,16H2,1-2H3. The molecule has 1 aliphatic rings. The number of nitrogens with zero attached hydrogens (tertiary/aromatic N) is 5. The second-order valence-corrected chi connectivity index (χ2v) is 7.72. The van der Waals surface area contributed by atoms with Crippen LogP contribution in [-0.4, -0.2) is 58.6 Å². The molecule has 4 aromatic rings. The average molecular weight is 431 g/mol. The minimum atomic E-state index is -0.143. The van der Waals surface area contributed by atoms with E-state index in [1.807, 2.05) is 47.1 Å². The Bertz CT molecular complexity index is 1210. The highest BCUT2D eigenvalue weighted by molar-refractivity contribution is 5.66.